The first-order chi connectivity index (χ1) is 9.81. The normalized spacial score (nSPS) is 10.7. The monoisotopic (exact) mass is 273 g/mol. The van der Waals surface area contributed by atoms with Crippen molar-refractivity contribution in [1.29, 1.82) is 0 Å². The van der Waals surface area contributed by atoms with Crippen LogP contribution in [0.15, 0.2) is 36.5 Å². The lowest BCUT2D eigenvalue weighted by molar-refractivity contribution is 0.298. The fourth-order valence-electron chi connectivity index (χ4n) is 2.06. The SMILES string of the molecule is CCNCc1cnn(CCCOc2ccccc2)c1C. The Morgan fingerprint density at radius 1 is 1.25 bits per heavy atom. The Morgan fingerprint density at radius 3 is 2.80 bits per heavy atom. The van der Waals surface area contributed by atoms with Gasteiger partial charge in [0.25, 0.3) is 0 Å². The van der Waals surface area contributed by atoms with Gasteiger partial charge in [0.05, 0.1) is 12.8 Å². The Bertz CT molecular complexity index is 508. The third-order valence-corrected chi connectivity index (χ3v) is 3.30. The lowest BCUT2D eigenvalue weighted by Gasteiger charge is -2.08. The van der Waals surface area contributed by atoms with E-state index in [9.17, 15) is 0 Å². The van der Waals surface area contributed by atoms with E-state index in [2.05, 4.69) is 28.9 Å². The molecular weight excluding hydrogens is 250 g/mol. The van der Waals surface area contributed by atoms with E-state index in [1.165, 1.54) is 11.3 Å². The van der Waals surface area contributed by atoms with Crippen molar-refractivity contribution >= 4 is 0 Å². The molecule has 0 bridgehead atoms. The number of hydrogen-bond acceptors (Lipinski definition) is 3. The maximum absolute atomic E-state index is 5.69. The molecule has 4 nitrogen and oxygen atoms in total. The number of aryl methyl sites for hydroxylation is 1. The Labute approximate surface area is 120 Å². The zero-order chi connectivity index (χ0) is 14.2. The number of hydrogen-bond donors (Lipinski definition) is 1. The van der Waals surface area contributed by atoms with Crippen molar-refractivity contribution in [2.45, 2.75) is 33.4 Å². The molecule has 108 valence electrons. The van der Waals surface area contributed by atoms with E-state index in [0.717, 1.165) is 31.8 Å². The van der Waals surface area contributed by atoms with Gasteiger partial charge in [0.2, 0.25) is 0 Å². The van der Waals surface area contributed by atoms with Crippen LogP contribution in [-0.4, -0.2) is 22.9 Å². The molecule has 0 aliphatic carbocycles. The van der Waals surface area contributed by atoms with Crippen LogP contribution in [0, 0.1) is 6.92 Å². The molecule has 0 amide bonds. The molecule has 4 heteroatoms. The van der Waals surface area contributed by atoms with Crippen LogP contribution in [0.1, 0.15) is 24.6 Å². The number of rotatable bonds is 8. The van der Waals surface area contributed by atoms with Crippen LogP contribution in [0.2, 0.25) is 0 Å². The molecule has 0 radical (unpaired) electrons. The standard InChI is InChI=1S/C16H23N3O/c1-3-17-12-15-13-18-19(14(15)2)10-7-11-20-16-8-5-4-6-9-16/h4-6,8-9,13,17H,3,7,10-12H2,1-2H3. The largest absolute Gasteiger partial charge is 0.494 e. The second-order valence-corrected chi connectivity index (χ2v) is 4.77. The lowest BCUT2D eigenvalue weighted by Crippen LogP contribution is -2.13. The van der Waals surface area contributed by atoms with Crippen molar-refractivity contribution in [1.82, 2.24) is 15.1 Å². The van der Waals surface area contributed by atoms with Crippen LogP contribution in [-0.2, 0) is 13.1 Å². The highest BCUT2D eigenvalue weighted by Gasteiger charge is 2.05. The van der Waals surface area contributed by atoms with Crippen LogP contribution >= 0.6 is 0 Å². The number of aromatic nitrogens is 2. The number of ether oxygens (including phenoxy) is 1. The summed E-state index contributed by atoms with van der Waals surface area (Å²) in [7, 11) is 0. The fraction of sp³-hybridized carbons (Fsp3) is 0.438. The van der Waals surface area contributed by atoms with Gasteiger partial charge in [-0.2, -0.15) is 5.10 Å². The molecule has 2 aromatic rings. The molecule has 0 saturated heterocycles. The van der Waals surface area contributed by atoms with Crippen molar-refractivity contribution in [3.63, 3.8) is 0 Å². The summed E-state index contributed by atoms with van der Waals surface area (Å²) in [6, 6.07) is 9.92. The van der Waals surface area contributed by atoms with Crippen molar-refractivity contribution in [2.24, 2.45) is 0 Å². The number of nitrogens with one attached hydrogen (secondary N) is 1. The fourth-order valence-corrected chi connectivity index (χ4v) is 2.06. The van der Waals surface area contributed by atoms with Crippen LogP contribution in [0.3, 0.4) is 0 Å². The summed E-state index contributed by atoms with van der Waals surface area (Å²) >= 11 is 0. The van der Waals surface area contributed by atoms with Crippen molar-refractivity contribution in [2.75, 3.05) is 13.2 Å². The van der Waals surface area contributed by atoms with E-state index in [1.807, 2.05) is 36.5 Å². The van der Waals surface area contributed by atoms with Gasteiger partial charge in [0.1, 0.15) is 5.75 Å². The van der Waals surface area contributed by atoms with Crippen molar-refractivity contribution < 1.29 is 4.74 Å². The first-order valence-electron chi connectivity index (χ1n) is 7.21. The summed E-state index contributed by atoms with van der Waals surface area (Å²) in [4.78, 5) is 0. The highest BCUT2D eigenvalue weighted by molar-refractivity contribution is 5.20. The zero-order valence-corrected chi connectivity index (χ0v) is 12.3. The maximum Gasteiger partial charge on any atom is 0.119 e. The van der Waals surface area contributed by atoms with Gasteiger partial charge >= 0.3 is 0 Å². The van der Waals surface area contributed by atoms with Crippen LogP contribution in [0.25, 0.3) is 0 Å². The van der Waals surface area contributed by atoms with E-state index >= 15 is 0 Å². The van der Waals surface area contributed by atoms with Gasteiger partial charge in [-0.1, -0.05) is 25.1 Å². The smallest absolute Gasteiger partial charge is 0.119 e. The molecule has 1 aromatic heterocycles. The van der Waals surface area contributed by atoms with Crippen molar-refractivity contribution in [3.05, 3.63) is 47.8 Å². The summed E-state index contributed by atoms with van der Waals surface area (Å²) in [5, 5.41) is 7.76. The molecule has 20 heavy (non-hydrogen) atoms. The van der Waals surface area contributed by atoms with Gasteiger partial charge in [-0.3, -0.25) is 4.68 Å². The topological polar surface area (TPSA) is 39.1 Å². The Balaban J connectivity index is 1.75. The molecule has 2 rings (SSSR count). The lowest BCUT2D eigenvalue weighted by atomic mass is 10.2. The number of benzene rings is 1. The van der Waals surface area contributed by atoms with E-state index in [1.54, 1.807) is 0 Å². The van der Waals surface area contributed by atoms with E-state index in [4.69, 9.17) is 4.74 Å². The molecule has 0 spiro atoms. The molecule has 0 aliphatic rings. The predicted octanol–water partition coefficient (Wildman–Crippen LogP) is 2.77. The first-order valence-corrected chi connectivity index (χ1v) is 7.21. The van der Waals surface area contributed by atoms with E-state index in [0.29, 0.717) is 6.61 Å². The molecule has 0 aliphatic heterocycles. The molecule has 0 fully saturated rings. The maximum atomic E-state index is 5.69. The highest BCUT2D eigenvalue weighted by Crippen LogP contribution is 2.10. The summed E-state index contributed by atoms with van der Waals surface area (Å²) in [5.74, 6) is 0.928. The van der Waals surface area contributed by atoms with Crippen molar-refractivity contribution in [3.8, 4) is 5.75 Å². The molecule has 1 N–H and O–H groups in total. The molecule has 1 heterocycles. The van der Waals surface area contributed by atoms with Gasteiger partial charge in [0.15, 0.2) is 0 Å². The third kappa shape index (κ3) is 4.10. The van der Waals surface area contributed by atoms with Crippen LogP contribution < -0.4 is 10.1 Å². The Morgan fingerprint density at radius 2 is 2.05 bits per heavy atom. The molecular formula is C16H23N3O. The Hall–Kier alpha value is -1.81. The number of nitrogens with zero attached hydrogens (tertiary/aromatic N) is 2. The molecule has 1 aromatic carbocycles. The quantitative estimate of drug-likeness (QED) is 0.752. The molecule has 0 saturated carbocycles. The minimum absolute atomic E-state index is 0.714. The molecule has 0 unspecified atom stereocenters. The zero-order valence-electron chi connectivity index (χ0n) is 12.3. The summed E-state index contributed by atoms with van der Waals surface area (Å²) in [6.45, 7) is 7.72. The summed E-state index contributed by atoms with van der Waals surface area (Å²) in [5.41, 5.74) is 2.52. The third-order valence-electron chi connectivity index (χ3n) is 3.30. The minimum atomic E-state index is 0.714. The second kappa shape index (κ2) is 7.70. The van der Waals surface area contributed by atoms with E-state index < -0.39 is 0 Å². The van der Waals surface area contributed by atoms with E-state index in [-0.39, 0.29) is 0 Å². The second-order valence-electron chi connectivity index (χ2n) is 4.77. The summed E-state index contributed by atoms with van der Waals surface area (Å²) in [6.07, 6.45) is 2.91. The summed E-state index contributed by atoms with van der Waals surface area (Å²) < 4.78 is 7.74. The van der Waals surface area contributed by atoms with Gasteiger partial charge in [0, 0.05) is 30.8 Å². The van der Waals surface area contributed by atoms with Gasteiger partial charge < -0.3 is 10.1 Å². The highest BCUT2D eigenvalue weighted by atomic mass is 16.5. The van der Waals surface area contributed by atoms with Crippen LogP contribution in [0.5, 0.6) is 5.75 Å². The van der Waals surface area contributed by atoms with Crippen LogP contribution in [0.4, 0.5) is 0 Å². The average molecular weight is 273 g/mol. The minimum Gasteiger partial charge on any atom is -0.494 e. The van der Waals surface area contributed by atoms with Gasteiger partial charge in [-0.15, -0.1) is 0 Å². The van der Waals surface area contributed by atoms with Gasteiger partial charge in [-0.05, 0) is 25.6 Å². The van der Waals surface area contributed by atoms with Gasteiger partial charge in [-0.25, -0.2) is 0 Å². The molecule has 0 atom stereocenters. The Kier molecular flexibility index (Phi) is 5.62. The first kappa shape index (κ1) is 14.6. The number of para-hydroxylation sites is 1. The predicted molar refractivity (Wildman–Crippen MR) is 80.9 cm³/mol. The average Bonchev–Trinajstić information content (AvgIpc) is 2.83.